The van der Waals surface area contributed by atoms with Gasteiger partial charge in [-0.1, -0.05) is 32.0 Å². The summed E-state index contributed by atoms with van der Waals surface area (Å²) in [4.78, 5) is 0. The molecular weight excluding hydrogens is 238 g/mol. The number of aromatic hydroxyl groups is 1. The Balaban J connectivity index is 1.98. The number of phenolic OH excluding ortho intramolecular Hbond substituents is 1. The second kappa shape index (κ2) is 6.40. The predicted octanol–water partition coefficient (Wildman–Crippen LogP) is 3.25. The molecular formula is C16H25NO2. The molecule has 19 heavy (non-hydrogen) atoms. The molecule has 1 saturated heterocycles. The third kappa shape index (κ3) is 3.71. The largest absolute Gasteiger partial charge is 0.508 e. The molecule has 0 aromatic heterocycles. The van der Waals surface area contributed by atoms with Crippen LogP contribution in [-0.2, 0) is 4.74 Å². The summed E-state index contributed by atoms with van der Waals surface area (Å²) in [6.45, 7) is 7.18. The van der Waals surface area contributed by atoms with Gasteiger partial charge in [0.25, 0.3) is 0 Å². The Bertz CT molecular complexity index is 399. The quantitative estimate of drug-likeness (QED) is 0.857. The molecule has 0 spiro atoms. The number of para-hydroxylation sites is 1. The SMILES string of the molecule is CCC(NCC1(C)CCOCC1)c1ccccc1O. The summed E-state index contributed by atoms with van der Waals surface area (Å²) >= 11 is 0. The van der Waals surface area contributed by atoms with Crippen LogP contribution in [0.4, 0.5) is 0 Å². The lowest BCUT2D eigenvalue weighted by Crippen LogP contribution is -2.38. The van der Waals surface area contributed by atoms with E-state index in [0.29, 0.717) is 11.2 Å². The number of benzene rings is 1. The zero-order valence-electron chi connectivity index (χ0n) is 12.0. The van der Waals surface area contributed by atoms with Crippen LogP contribution in [-0.4, -0.2) is 24.9 Å². The predicted molar refractivity (Wildman–Crippen MR) is 77.3 cm³/mol. The van der Waals surface area contributed by atoms with Gasteiger partial charge in [-0.05, 0) is 30.7 Å². The van der Waals surface area contributed by atoms with Crippen molar-refractivity contribution in [1.29, 1.82) is 0 Å². The van der Waals surface area contributed by atoms with Crippen LogP contribution in [0.1, 0.15) is 44.7 Å². The molecule has 2 rings (SSSR count). The van der Waals surface area contributed by atoms with Gasteiger partial charge < -0.3 is 15.2 Å². The third-order valence-electron chi connectivity index (χ3n) is 4.20. The van der Waals surface area contributed by atoms with Crippen molar-refractivity contribution in [3.8, 4) is 5.75 Å². The molecule has 3 nitrogen and oxygen atoms in total. The topological polar surface area (TPSA) is 41.5 Å². The highest BCUT2D eigenvalue weighted by Gasteiger charge is 2.28. The monoisotopic (exact) mass is 263 g/mol. The number of rotatable bonds is 5. The zero-order valence-corrected chi connectivity index (χ0v) is 12.0. The maximum absolute atomic E-state index is 9.95. The van der Waals surface area contributed by atoms with Gasteiger partial charge in [0.2, 0.25) is 0 Å². The molecule has 1 fully saturated rings. The smallest absolute Gasteiger partial charge is 0.120 e. The lowest BCUT2D eigenvalue weighted by atomic mass is 9.82. The van der Waals surface area contributed by atoms with Crippen LogP contribution in [0.2, 0.25) is 0 Å². The fourth-order valence-corrected chi connectivity index (χ4v) is 2.67. The van der Waals surface area contributed by atoms with Crippen molar-refractivity contribution in [3.05, 3.63) is 29.8 Å². The molecule has 3 heteroatoms. The van der Waals surface area contributed by atoms with E-state index in [1.165, 1.54) is 0 Å². The maximum Gasteiger partial charge on any atom is 0.120 e. The lowest BCUT2D eigenvalue weighted by molar-refractivity contribution is 0.0227. The van der Waals surface area contributed by atoms with Gasteiger partial charge in [-0.15, -0.1) is 0 Å². The van der Waals surface area contributed by atoms with Gasteiger partial charge in [0, 0.05) is 31.4 Å². The molecule has 0 amide bonds. The van der Waals surface area contributed by atoms with Crippen LogP contribution in [0.5, 0.6) is 5.75 Å². The Morgan fingerprint density at radius 3 is 2.63 bits per heavy atom. The molecule has 1 aliphatic heterocycles. The molecule has 2 N–H and O–H groups in total. The second-order valence-electron chi connectivity index (χ2n) is 5.82. The summed E-state index contributed by atoms with van der Waals surface area (Å²) in [7, 11) is 0. The number of hydrogen-bond acceptors (Lipinski definition) is 3. The van der Waals surface area contributed by atoms with Crippen molar-refractivity contribution in [2.24, 2.45) is 5.41 Å². The van der Waals surface area contributed by atoms with E-state index in [0.717, 1.165) is 44.6 Å². The lowest BCUT2D eigenvalue weighted by Gasteiger charge is -2.35. The highest BCUT2D eigenvalue weighted by molar-refractivity contribution is 5.34. The first-order chi connectivity index (χ1) is 9.14. The van der Waals surface area contributed by atoms with E-state index in [9.17, 15) is 5.11 Å². The molecule has 106 valence electrons. The van der Waals surface area contributed by atoms with Crippen molar-refractivity contribution in [3.63, 3.8) is 0 Å². The third-order valence-corrected chi connectivity index (χ3v) is 4.20. The maximum atomic E-state index is 9.95. The number of nitrogens with one attached hydrogen (secondary N) is 1. The standard InChI is InChI=1S/C16H25NO2/c1-3-14(13-6-4-5-7-15(13)18)17-12-16(2)8-10-19-11-9-16/h4-7,14,17-18H,3,8-12H2,1-2H3. The van der Waals surface area contributed by atoms with Crippen molar-refractivity contribution in [2.45, 2.75) is 39.2 Å². The van der Waals surface area contributed by atoms with Crippen LogP contribution in [0.25, 0.3) is 0 Å². The minimum atomic E-state index is 0.223. The Hall–Kier alpha value is -1.06. The highest BCUT2D eigenvalue weighted by atomic mass is 16.5. The molecule has 0 aliphatic carbocycles. The van der Waals surface area contributed by atoms with Gasteiger partial charge in [0.1, 0.15) is 5.75 Å². The molecule has 1 aromatic carbocycles. The first-order valence-electron chi connectivity index (χ1n) is 7.24. The Morgan fingerprint density at radius 1 is 1.32 bits per heavy atom. The number of ether oxygens (including phenoxy) is 1. The van der Waals surface area contributed by atoms with Crippen LogP contribution in [0.15, 0.2) is 24.3 Å². The van der Waals surface area contributed by atoms with Crippen LogP contribution in [0, 0.1) is 5.41 Å². The summed E-state index contributed by atoms with van der Waals surface area (Å²) in [5.74, 6) is 0.388. The van der Waals surface area contributed by atoms with E-state index in [-0.39, 0.29) is 6.04 Å². The van der Waals surface area contributed by atoms with E-state index in [4.69, 9.17) is 4.74 Å². The van der Waals surface area contributed by atoms with Gasteiger partial charge in [0.05, 0.1) is 0 Å². The molecule has 1 unspecified atom stereocenters. The van der Waals surface area contributed by atoms with Crippen molar-refractivity contribution in [1.82, 2.24) is 5.32 Å². The van der Waals surface area contributed by atoms with Gasteiger partial charge in [-0.25, -0.2) is 0 Å². The summed E-state index contributed by atoms with van der Waals surface area (Å²) in [6.07, 6.45) is 3.19. The first-order valence-corrected chi connectivity index (χ1v) is 7.24. The molecule has 1 aromatic rings. The zero-order chi connectivity index (χ0) is 13.7. The van der Waals surface area contributed by atoms with Crippen LogP contribution in [0.3, 0.4) is 0 Å². The van der Waals surface area contributed by atoms with Gasteiger partial charge in [-0.2, -0.15) is 0 Å². The average molecular weight is 263 g/mol. The average Bonchev–Trinajstić information content (AvgIpc) is 2.42. The first kappa shape index (κ1) is 14.4. The minimum Gasteiger partial charge on any atom is -0.508 e. The Labute approximate surface area is 116 Å². The van der Waals surface area contributed by atoms with Crippen LogP contribution < -0.4 is 5.32 Å². The van der Waals surface area contributed by atoms with E-state index in [1.54, 1.807) is 6.07 Å². The number of phenols is 1. The van der Waals surface area contributed by atoms with E-state index in [2.05, 4.69) is 19.2 Å². The van der Waals surface area contributed by atoms with Crippen molar-refractivity contribution in [2.75, 3.05) is 19.8 Å². The summed E-state index contributed by atoms with van der Waals surface area (Å²) in [6, 6.07) is 7.83. The number of hydrogen-bond donors (Lipinski definition) is 2. The molecule has 1 atom stereocenters. The summed E-state index contributed by atoms with van der Waals surface area (Å²) in [5.41, 5.74) is 1.32. The van der Waals surface area contributed by atoms with Gasteiger partial charge in [0.15, 0.2) is 0 Å². The molecule has 0 saturated carbocycles. The van der Waals surface area contributed by atoms with Crippen LogP contribution >= 0.6 is 0 Å². The fraction of sp³-hybridized carbons (Fsp3) is 0.625. The molecule has 1 aliphatic rings. The Morgan fingerprint density at radius 2 is 2.00 bits per heavy atom. The highest BCUT2D eigenvalue weighted by Crippen LogP contribution is 2.31. The Kier molecular flexibility index (Phi) is 4.83. The van der Waals surface area contributed by atoms with E-state index in [1.807, 2.05) is 18.2 Å². The van der Waals surface area contributed by atoms with Gasteiger partial charge in [-0.3, -0.25) is 0 Å². The normalized spacial score (nSPS) is 20.1. The summed E-state index contributed by atoms with van der Waals surface area (Å²) in [5, 5.41) is 13.6. The molecule has 1 heterocycles. The van der Waals surface area contributed by atoms with E-state index < -0.39 is 0 Å². The summed E-state index contributed by atoms with van der Waals surface area (Å²) < 4.78 is 5.43. The van der Waals surface area contributed by atoms with Gasteiger partial charge >= 0.3 is 0 Å². The minimum absolute atomic E-state index is 0.223. The molecule has 0 radical (unpaired) electrons. The van der Waals surface area contributed by atoms with Crippen molar-refractivity contribution >= 4 is 0 Å². The van der Waals surface area contributed by atoms with E-state index >= 15 is 0 Å². The fourth-order valence-electron chi connectivity index (χ4n) is 2.67. The molecule has 0 bridgehead atoms. The van der Waals surface area contributed by atoms with Crippen molar-refractivity contribution < 1.29 is 9.84 Å². The second-order valence-corrected chi connectivity index (χ2v) is 5.82.